The third kappa shape index (κ3) is 5.95. The van der Waals surface area contributed by atoms with Crippen LogP contribution in [0.5, 0.6) is 0 Å². The van der Waals surface area contributed by atoms with Gasteiger partial charge in [0.2, 0.25) is 0 Å². The largest absolute Gasteiger partial charge is 0.309 e. The standard InChI is InChI=1S/C54H38N2/c1-4-17-39(18-5-1)40-31-33-41(34-32-40)42-35-37-45(38-36-42)55(50-27-13-10-23-46(50)43-19-6-2-7-20-43)51-28-14-11-24-47(51)48-26-16-30-53-54(48)49-25-12-15-29-52(49)56(53)44-21-8-3-9-22-44/h1-38H. The van der Waals surface area contributed by atoms with E-state index in [4.69, 9.17) is 0 Å². The van der Waals surface area contributed by atoms with Gasteiger partial charge in [-0.25, -0.2) is 0 Å². The van der Waals surface area contributed by atoms with Gasteiger partial charge in [0.05, 0.1) is 22.4 Å². The number of hydrogen-bond donors (Lipinski definition) is 0. The van der Waals surface area contributed by atoms with Crippen LogP contribution in [-0.4, -0.2) is 4.57 Å². The van der Waals surface area contributed by atoms with Crippen molar-refractivity contribution in [3.05, 3.63) is 231 Å². The Morgan fingerprint density at radius 3 is 1.39 bits per heavy atom. The predicted molar refractivity (Wildman–Crippen MR) is 237 cm³/mol. The van der Waals surface area contributed by atoms with Gasteiger partial charge in [-0.1, -0.05) is 182 Å². The Kier molecular flexibility index (Phi) is 8.55. The molecule has 1 aromatic heterocycles. The van der Waals surface area contributed by atoms with Crippen LogP contribution in [0.1, 0.15) is 0 Å². The molecule has 0 bridgehead atoms. The minimum atomic E-state index is 1.09. The first-order valence-corrected chi connectivity index (χ1v) is 19.2. The molecule has 0 spiro atoms. The van der Waals surface area contributed by atoms with Gasteiger partial charge in [0.25, 0.3) is 0 Å². The van der Waals surface area contributed by atoms with E-state index < -0.39 is 0 Å². The molecule has 0 aliphatic rings. The van der Waals surface area contributed by atoms with Crippen molar-refractivity contribution in [1.29, 1.82) is 0 Å². The Balaban J connectivity index is 1.16. The minimum Gasteiger partial charge on any atom is -0.309 e. The molecule has 0 fully saturated rings. The zero-order chi connectivity index (χ0) is 37.3. The Hall–Kier alpha value is -7.42. The number of rotatable bonds is 8. The topological polar surface area (TPSA) is 8.17 Å². The van der Waals surface area contributed by atoms with Gasteiger partial charge in [0.15, 0.2) is 0 Å². The van der Waals surface area contributed by atoms with Gasteiger partial charge in [-0.3, -0.25) is 0 Å². The first-order valence-electron chi connectivity index (χ1n) is 19.2. The molecule has 56 heavy (non-hydrogen) atoms. The van der Waals surface area contributed by atoms with E-state index in [2.05, 4.69) is 240 Å². The lowest BCUT2D eigenvalue weighted by Crippen LogP contribution is -2.12. The maximum absolute atomic E-state index is 2.44. The van der Waals surface area contributed by atoms with E-state index in [1.807, 2.05) is 0 Å². The monoisotopic (exact) mass is 714 g/mol. The lowest BCUT2D eigenvalue weighted by atomic mass is 9.95. The molecule has 0 radical (unpaired) electrons. The van der Waals surface area contributed by atoms with Crippen LogP contribution in [0.15, 0.2) is 231 Å². The molecule has 9 aromatic carbocycles. The Morgan fingerprint density at radius 1 is 0.286 bits per heavy atom. The summed E-state index contributed by atoms with van der Waals surface area (Å²) in [6, 6.07) is 83.0. The van der Waals surface area contributed by atoms with Crippen LogP contribution in [0.2, 0.25) is 0 Å². The van der Waals surface area contributed by atoms with Crippen molar-refractivity contribution in [3.63, 3.8) is 0 Å². The van der Waals surface area contributed by atoms with Gasteiger partial charge in [-0.2, -0.15) is 0 Å². The SMILES string of the molecule is c1ccc(-c2ccc(-c3ccc(N(c4ccccc4-c4ccccc4)c4ccccc4-c4cccc5c4c4ccccc4n5-c4ccccc4)cc3)cc2)cc1. The highest BCUT2D eigenvalue weighted by atomic mass is 15.1. The Labute approximate surface area is 327 Å². The van der Waals surface area contributed by atoms with E-state index in [1.54, 1.807) is 0 Å². The summed E-state index contributed by atoms with van der Waals surface area (Å²) in [7, 11) is 0. The third-order valence-corrected chi connectivity index (χ3v) is 10.8. The summed E-state index contributed by atoms with van der Waals surface area (Å²) >= 11 is 0. The van der Waals surface area contributed by atoms with Crippen LogP contribution in [0.4, 0.5) is 17.1 Å². The van der Waals surface area contributed by atoms with E-state index in [0.717, 1.165) is 28.3 Å². The van der Waals surface area contributed by atoms with Crippen LogP contribution in [-0.2, 0) is 0 Å². The molecule has 10 aromatic rings. The second-order valence-corrected chi connectivity index (χ2v) is 14.1. The van der Waals surface area contributed by atoms with Gasteiger partial charge >= 0.3 is 0 Å². The smallest absolute Gasteiger partial charge is 0.0547 e. The lowest BCUT2D eigenvalue weighted by Gasteiger charge is -2.30. The quantitative estimate of drug-likeness (QED) is 0.152. The molecule has 0 unspecified atom stereocenters. The summed E-state index contributed by atoms with van der Waals surface area (Å²) in [5, 5.41) is 2.47. The average Bonchev–Trinajstić information content (AvgIpc) is 3.63. The van der Waals surface area contributed by atoms with Crippen LogP contribution in [0.25, 0.3) is 72.0 Å². The molecule has 0 atom stereocenters. The summed E-state index contributed by atoms with van der Waals surface area (Å²) in [6.07, 6.45) is 0. The fourth-order valence-electron chi connectivity index (χ4n) is 8.22. The van der Waals surface area contributed by atoms with Crippen LogP contribution < -0.4 is 4.90 Å². The molecule has 0 saturated heterocycles. The van der Waals surface area contributed by atoms with Crippen molar-refractivity contribution in [2.45, 2.75) is 0 Å². The van der Waals surface area contributed by atoms with Gasteiger partial charge in [0, 0.05) is 33.3 Å². The highest BCUT2D eigenvalue weighted by Crippen LogP contribution is 2.47. The zero-order valence-corrected chi connectivity index (χ0v) is 30.8. The first-order chi connectivity index (χ1) is 27.8. The Morgan fingerprint density at radius 2 is 0.732 bits per heavy atom. The van der Waals surface area contributed by atoms with Crippen molar-refractivity contribution < 1.29 is 0 Å². The molecule has 0 N–H and O–H groups in total. The number of hydrogen-bond acceptors (Lipinski definition) is 1. The number of aromatic nitrogens is 1. The van der Waals surface area contributed by atoms with Crippen LogP contribution in [0, 0.1) is 0 Å². The molecular weight excluding hydrogens is 677 g/mol. The van der Waals surface area contributed by atoms with Gasteiger partial charge in [0.1, 0.15) is 0 Å². The molecule has 1 heterocycles. The molecule has 0 aliphatic heterocycles. The Bertz CT molecular complexity index is 2930. The number of nitrogens with zero attached hydrogens (tertiary/aromatic N) is 2. The summed E-state index contributed by atoms with van der Waals surface area (Å²) < 4.78 is 2.39. The number of para-hydroxylation sites is 4. The molecule has 0 aliphatic carbocycles. The van der Waals surface area contributed by atoms with Crippen molar-refractivity contribution in [2.75, 3.05) is 4.90 Å². The average molecular weight is 715 g/mol. The van der Waals surface area contributed by atoms with Crippen molar-refractivity contribution in [1.82, 2.24) is 4.57 Å². The van der Waals surface area contributed by atoms with Crippen LogP contribution in [0.3, 0.4) is 0 Å². The van der Waals surface area contributed by atoms with E-state index in [0.29, 0.717) is 0 Å². The maximum atomic E-state index is 2.44. The lowest BCUT2D eigenvalue weighted by molar-refractivity contribution is 1.18. The van der Waals surface area contributed by atoms with Crippen molar-refractivity contribution >= 4 is 38.9 Å². The second kappa shape index (κ2) is 14.4. The summed E-state index contributed by atoms with van der Waals surface area (Å²) in [4.78, 5) is 2.44. The zero-order valence-electron chi connectivity index (χ0n) is 30.8. The molecule has 10 rings (SSSR count). The predicted octanol–water partition coefficient (Wildman–Crippen LogP) is 14.9. The maximum Gasteiger partial charge on any atom is 0.0547 e. The van der Waals surface area contributed by atoms with E-state index >= 15 is 0 Å². The minimum absolute atomic E-state index is 1.09. The molecule has 0 amide bonds. The van der Waals surface area contributed by atoms with Crippen LogP contribution >= 0.6 is 0 Å². The highest BCUT2D eigenvalue weighted by Gasteiger charge is 2.23. The second-order valence-electron chi connectivity index (χ2n) is 14.1. The molecule has 2 nitrogen and oxygen atoms in total. The van der Waals surface area contributed by atoms with Crippen molar-refractivity contribution in [2.24, 2.45) is 0 Å². The summed E-state index contributed by atoms with van der Waals surface area (Å²) in [6.45, 7) is 0. The van der Waals surface area contributed by atoms with E-state index in [9.17, 15) is 0 Å². The molecular formula is C54H38N2. The number of fused-ring (bicyclic) bond motifs is 3. The number of anilines is 3. The van der Waals surface area contributed by atoms with Gasteiger partial charge < -0.3 is 9.47 Å². The summed E-state index contributed by atoms with van der Waals surface area (Å²) in [5.41, 5.74) is 16.3. The molecule has 2 heteroatoms. The van der Waals surface area contributed by atoms with E-state index in [1.165, 1.54) is 60.8 Å². The highest BCUT2D eigenvalue weighted by molar-refractivity contribution is 6.17. The first kappa shape index (κ1) is 33.2. The van der Waals surface area contributed by atoms with Crippen molar-refractivity contribution in [3.8, 4) is 50.2 Å². The van der Waals surface area contributed by atoms with E-state index in [-0.39, 0.29) is 0 Å². The van der Waals surface area contributed by atoms with Gasteiger partial charge in [-0.15, -0.1) is 0 Å². The van der Waals surface area contributed by atoms with Gasteiger partial charge in [-0.05, 0) is 81.9 Å². The summed E-state index contributed by atoms with van der Waals surface area (Å²) in [5.74, 6) is 0. The molecule has 0 saturated carbocycles. The normalized spacial score (nSPS) is 11.2. The number of benzene rings is 9. The molecule has 264 valence electrons. The third-order valence-electron chi connectivity index (χ3n) is 10.8. The fraction of sp³-hybridized carbons (Fsp3) is 0. The fourth-order valence-corrected chi connectivity index (χ4v) is 8.22.